The van der Waals surface area contributed by atoms with Crippen molar-refractivity contribution in [2.45, 2.75) is 0 Å². The highest BCUT2D eigenvalue weighted by Gasteiger charge is 2.36. The molecule has 3 amide bonds. The van der Waals surface area contributed by atoms with Crippen molar-refractivity contribution in [1.29, 1.82) is 0 Å². The summed E-state index contributed by atoms with van der Waals surface area (Å²) in [5.41, 5.74) is 2.78. The molecule has 0 bridgehead atoms. The average Bonchev–Trinajstić information content (AvgIpc) is 2.83. The van der Waals surface area contributed by atoms with E-state index in [0.29, 0.717) is 5.56 Å². The third-order valence-electron chi connectivity index (χ3n) is 1.58. The molecule has 1 aliphatic heterocycles. The molecule has 60 valence electrons. The van der Waals surface area contributed by atoms with Gasteiger partial charge in [-0.15, -0.1) is 0 Å². The summed E-state index contributed by atoms with van der Waals surface area (Å²) >= 11 is 0. The fraction of sp³-hybridized carbons (Fsp3) is 0. The van der Waals surface area contributed by atoms with E-state index in [1.165, 1.54) is 0 Å². The third kappa shape index (κ3) is 1.03. The van der Waals surface area contributed by atoms with Crippen molar-refractivity contribution in [2.75, 3.05) is 0 Å². The predicted molar refractivity (Wildman–Crippen MR) is 41.1 cm³/mol. The molecule has 4 heteroatoms. The van der Waals surface area contributed by atoms with Crippen LogP contribution in [0.4, 0.5) is 4.79 Å². The molecule has 1 aliphatic rings. The van der Waals surface area contributed by atoms with Gasteiger partial charge in [-0.1, -0.05) is 18.2 Å². The number of nitrogens with zero attached hydrogens (tertiary/aromatic N) is 1. The van der Waals surface area contributed by atoms with E-state index in [4.69, 9.17) is 0 Å². The minimum absolute atomic E-state index is 0.305. The van der Waals surface area contributed by atoms with Gasteiger partial charge in [0.15, 0.2) is 0 Å². The van der Waals surface area contributed by atoms with Crippen LogP contribution in [-0.2, 0) is 0 Å². The lowest BCUT2D eigenvalue weighted by Gasteiger charge is -1.95. The molecule has 0 aliphatic carbocycles. The first-order valence-electron chi connectivity index (χ1n) is 3.49. The van der Waals surface area contributed by atoms with Crippen LogP contribution in [0.3, 0.4) is 0 Å². The van der Waals surface area contributed by atoms with E-state index in [-0.39, 0.29) is 11.9 Å². The smallest absolute Gasteiger partial charge is 0.267 e. The Hall–Kier alpha value is -1.84. The molecule has 0 spiro atoms. The normalized spacial score (nSPS) is 14.0. The molecule has 1 saturated heterocycles. The Labute approximate surface area is 68.8 Å². The third-order valence-corrected chi connectivity index (χ3v) is 1.58. The van der Waals surface area contributed by atoms with Gasteiger partial charge in [0, 0.05) is 5.56 Å². The van der Waals surface area contributed by atoms with Gasteiger partial charge in [0.25, 0.3) is 5.91 Å². The van der Waals surface area contributed by atoms with Crippen LogP contribution in [0.2, 0.25) is 0 Å². The van der Waals surface area contributed by atoms with Gasteiger partial charge in [0.2, 0.25) is 0 Å². The second-order valence-corrected chi connectivity index (χ2v) is 2.42. The zero-order chi connectivity index (χ0) is 8.55. The number of hydrazine groups is 1. The summed E-state index contributed by atoms with van der Waals surface area (Å²) in [6.45, 7) is 0. The lowest BCUT2D eigenvalue weighted by Crippen LogP contribution is -2.13. The molecule has 0 atom stereocenters. The van der Waals surface area contributed by atoms with Crippen LogP contribution in [0.25, 0.3) is 0 Å². The fourth-order valence-corrected chi connectivity index (χ4v) is 0.923. The van der Waals surface area contributed by atoms with Crippen molar-refractivity contribution in [3.8, 4) is 0 Å². The van der Waals surface area contributed by atoms with Crippen LogP contribution in [-0.4, -0.2) is 16.9 Å². The highest BCUT2D eigenvalue weighted by atomic mass is 16.2. The number of amides is 3. The van der Waals surface area contributed by atoms with E-state index in [0.717, 1.165) is 5.01 Å². The van der Waals surface area contributed by atoms with Crippen LogP contribution in [0.1, 0.15) is 10.4 Å². The van der Waals surface area contributed by atoms with E-state index in [2.05, 4.69) is 5.43 Å². The molecule has 2 rings (SSSR count). The summed E-state index contributed by atoms with van der Waals surface area (Å²) in [6.07, 6.45) is 0. The molecule has 0 aromatic heterocycles. The molecule has 1 heterocycles. The van der Waals surface area contributed by atoms with Crippen molar-refractivity contribution in [3.05, 3.63) is 35.9 Å². The standard InChI is InChI=1S/C8H6N2O2/c11-7(10-8(12)9-10)6-4-2-1-3-5-6/h1-5H,(H,9,12). The summed E-state index contributed by atoms with van der Waals surface area (Å²) < 4.78 is 0. The number of hydrogen-bond acceptors (Lipinski definition) is 2. The fourth-order valence-electron chi connectivity index (χ4n) is 0.923. The monoisotopic (exact) mass is 162 g/mol. The Morgan fingerprint density at radius 2 is 1.83 bits per heavy atom. The van der Waals surface area contributed by atoms with Gasteiger partial charge in [0.05, 0.1) is 0 Å². The average molecular weight is 162 g/mol. The molecule has 0 saturated carbocycles. The maximum atomic E-state index is 11.3. The Morgan fingerprint density at radius 1 is 1.25 bits per heavy atom. The Bertz CT molecular complexity index is 334. The maximum Gasteiger partial charge on any atom is 0.363 e. The maximum absolute atomic E-state index is 11.3. The van der Waals surface area contributed by atoms with Gasteiger partial charge in [-0.25, -0.2) is 10.2 Å². The number of imide groups is 1. The second-order valence-electron chi connectivity index (χ2n) is 2.42. The van der Waals surface area contributed by atoms with Crippen molar-refractivity contribution < 1.29 is 9.59 Å². The molecular weight excluding hydrogens is 156 g/mol. The van der Waals surface area contributed by atoms with E-state index in [1.54, 1.807) is 24.3 Å². The van der Waals surface area contributed by atoms with E-state index >= 15 is 0 Å². The number of urea groups is 1. The molecule has 1 aromatic rings. The van der Waals surface area contributed by atoms with Crippen LogP contribution in [0, 0.1) is 0 Å². The van der Waals surface area contributed by atoms with Gasteiger partial charge >= 0.3 is 6.03 Å². The number of nitrogens with one attached hydrogen (secondary N) is 1. The van der Waals surface area contributed by atoms with Crippen molar-refractivity contribution in [3.63, 3.8) is 0 Å². The number of carbonyl (C=O) groups excluding carboxylic acids is 2. The molecule has 12 heavy (non-hydrogen) atoms. The summed E-state index contributed by atoms with van der Waals surface area (Å²) in [7, 11) is 0. The largest absolute Gasteiger partial charge is 0.363 e. The Balaban J connectivity index is 2.21. The molecule has 1 N–H and O–H groups in total. The first-order chi connectivity index (χ1) is 5.79. The number of carbonyl (C=O) groups is 2. The quantitative estimate of drug-likeness (QED) is 0.620. The SMILES string of the molecule is O=C1NN1C(=O)c1ccccc1. The summed E-state index contributed by atoms with van der Waals surface area (Å²) in [4.78, 5) is 21.8. The van der Waals surface area contributed by atoms with Gasteiger partial charge in [-0.2, -0.15) is 5.01 Å². The Kier molecular flexibility index (Phi) is 1.33. The lowest BCUT2D eigenvalue weighted by atomic mass is 10.2. The zero-order valence-electron chi connectivity index (χ0n) is 6.15. The van der Waals surface area contributed by atoms with Crippen molar-refractivity contribution in [1.82, 2.24) is 10.4 Å². The van der Waals surface area contributed by atoms with Crippen LogP contribution >= 0.6 is 0 Å². The van der Waals surface area contributed by atoms with E-state index in [1.807, 2.05) is 6.07 Å². The molecule has 0 unspecified atom stereocenters. The summed E-state index contributed by atoms with van der Waals surface area (Å²) in [6, 6.07) is 8.30. The zero-order valence-corrected chi connectivity index (χ0v) is 6.15. The molecule has 1 fully saturated rings. The van der Waals surface area contributed by atoms with E-state index < -0.39 is 0 Å². The highest BCUT2D eigenvalue weighted by molar-refractivity contribution is 6.10. The minimum atomic E-state index is -0.344. The first kappa shape index (κ1) is 6.84. The van der Waals surface area contributed by atoms with Gasteiger partial charge in [-0.3, -0.25) is 4.79 Å². The van der Waals surface area contributed by atoms with E-state index in [9.17, 15) is 9.59 Å². The second kappa shape index (κ2) is 2.34. The summed E-state index contributed by atoms with van der Waals surface area (Å²) in [5.74, 6) is -0.305. The first-order valence-corrected chi connectivity index (χ1v) is 3.49. The van der Waals surface area contributed by atoms with Gasteiger partial charge < -0.3 is 0 Å². The number of hydrogen-bond donors (Lipinski definition) is 1. The van der Waals surface area contributed by atoms with Crippen LogP contribution in [0.5, 0.6) is 0 Å². The topological polar surface area (TPSA) is 59.1 Å². The van der Waals surface area contributed by atoms with Crippen LogP contribution < -0.4 is 5.43 Å². The van der Waals surface area contributed by atoms with Gasteiger partial charge in [0.1, 0.15) is 0 Å². The summed E-state index contributed by atoms with van der Waals surface area (Å²) in [5, 5.41) is 0.968. The van der Waals surface area contributed by atoms with Crippen molar-refractivity contribution >= 4 is 11.9 Å². The highest BCUT2D eigenvalue weighted by Crippen LogP contribution is 2.08. The Morgan fingerprint density at radius 3 is 2.33 bits per heavy atom. The van der Waals surface area contributed by atoms with Crippen LogP contribution in [0.15, 0.2) is 30.3 Å². The minimum Gasteiger partial charge on any atom is -0.267 e. The number of rotatable bonds is 1. The molecule has 0 radical (unpaired) electrons. The number of benzene rings is 1. The molecule has 4 nitrogen and oxygen atoms in total. The molecule has 1 aromatic carbocycles. The lowest BCUT2D eigenvalue weighted by molar-refractivity contribution is 0.0879. The van der Waals surface area contributed by atoms with Crippen molar-refractivity contribution in [2.24, 2.45) is 0 Å². The molecular formula is C8H6N2O2. The van der Waals surface area contributed by atoms with Gasteiger partial charge in [-0.05, 0) is 12.1 Å². The predicted octanol–water partition coefficient (Wildman–Crippen LogP) is 0.767.